The molecule has 3 aromatic rings. The van der Waals surface area contributed by atoms with E-state index < -0.39 is 0 Å². The summed E-state index contributed by atoms with van der Waals surface area (Å²) in [7, 11) is 0. The van der Waals surface area contributed by atoms with Crippen molar-refractivity contribution in [2.45, 2.75) is 19.3 Å². The molecule has 0 aliphatic carbocycles. The molecule has 1 heterocycles. The van der Waals surface area contributed by atoms with Crippen molar-refractivity contribution in [1.82, 2.24) is 10.2 Å². The summed E-state index contributed by atoms with van der Waals surface area (Å²) < 4.78 is 6.60. The van der Waals surface area contributed by atoms with E-state index in [0.717, 1.165) is 15.7 Å². The SMILES string of the molecule is O=C(CCCc1nnc(-c2ccccc2)o1)Nc1ccc(Br)cc1. The van der Waals surface area contributed by atoms with Gasteiger partial charge in [-0.25, -0.2) is 0 Å². The molecule has 0 bridgehead atoms. The predicted molar refractivity (Wildman–Crippen MR) is 95.4 cm³/mol. The molecule has 3 rings (SSSR count). The van der Waals surface area contributed by atoms with Gasteiger partial charge in [-0.1, -0.05) is 34.1 Å². The maximum absolute atomic E-state index is 11.9. The predicted octanol–water partition coefficient (Wildman–Crippen LogP) is 4.46. The highest BCUT2D eigenvalue weighted by Crippen LogP contribution is 2.18. The van der Waals surface area contributed by atoms with Crippen LogP contribution in [0, 0.1) is 0 Å². The number of anilines is 1. The maximum Gasteiger partial charge on any atom is 0.247 e. The fourth-order valence-corrected chi connectivity index (χ4v) is 2.47. The van der Waals surface area contributed by atoms with Gasteiger partial charge in [0.05, 0.1) is 0 Å². The monoisotopic (exact) mass is 385 g/mol. The number of halogens is 1. The van der Waals surface area contributed by atoms with Crippen LogP contribution >= 0.6 is 15.9 Å². The first-order valence-corrected chi connectivity index (χ1v) is 8.43. The quantitative estimate of drug-likeness (QED) is 0.679. The molecule has 0 radical (unpaired) electrons. The molecule has 0 aliphatic heterocycles. The van der Waals surface area contributed by atoms with E-state index >= 15 is 0 Å². The van der Waals surface area contributed by atoms with Crippen LogP contribution in [0.4, 0.5) is 5.69 Å². The summed E-state index contributed by atoms with van der Waals surface area (Å²) in [5, 5.41) is 10.9. The highest BCUT2D eigenvalue weighted by Gasteiger charge is 2.09. The fourth-order valence-electron chi connectivity index (χ4n) is 2.21. The first-order chi connectivity index (χ1) is 11.7. The number of amides is 1. The van der Waals surface area contributed by atoms with Gasteiger partial charge >= 0.3 is 0 Å². The van der Waals surface area contributed by atoms with E-state index in [2.05, 4.69) is 31.4 Å². The molecule has 0 saturated heterocycles. The van der Waals surface area contributed by atoms with Gasteiger partial charge in [-0.3, -0.25) is 4.79 Å². The largest absolute Gasteiger partial charge is 0.421 e. The first kappa shape index (κ1) is 16.4. The summed E-state index contributed by atoms with van der Waals surface area (Å²) in [5.74, 6) is 1.02. The van der Waals surface area contributed by atoms with Gasteiger partial charge in [0.15, 0.2) is 0 Å². The van der Waals surface area contributed by atoms with Gasteiger partial charge in [0, 0.05) is 28.6 Å². The topological polar surface area (TPSA) is 68.0 Å². The number of nitrogens with zero attached hydrogens (tertiary/aromatic N) is 2. The molecule has 0 spiro atoms. The zero-order valence-corrected chi connectivity index (χ0v) is 14.5. The molecule has 122 valence electrons. The number of carbonyl (C=O) groups excluding carboxylic acids is 1. The van der Waals surface area contributed by atoms with E-state index in [9.17, 15) is 4.79 Å². The Balaban J connectivity index is 1.47. The number of rotatable bonds is 6. The first-order valence-electron chi connectivity index (χ1n) is 7.64. The van der Waals surface area contributed by atoms with Crippen LogP contribution in [0.5, 0.6) is 0 Å². The van der Waals surface area contributed by atoms with Crippen LogP contribution in [0.3, 0.4) is 0 Å². The lowest BCUT2D eigenvalue weighted by Crippen LogP contribution is -2.11. The fraction of sp³-hybridized carbons (Fsp3) is 0.167. The van der Waals surface area contributed by atoms with Crippen molar-refractivity contribution in [1.29, 1.82) is 0 Å². The molecule has 1 N–H and O–H groups in total. The smallest absolute Gasteiger partial charge is 0.247 e. The molecular formula is C18H16BrN3O2. The third kappa shape index (κ3) is 4.52. The molecule has 0 fully saturated rings. The summed E-state index contributed by atoms with van der Waals surface area (Å²) in [6.45, 7) is 0. The van der Waals surface area contributed by atoms with Crippen LogP contribution in [0.2, 0.25) is 0 Å². The Bertz CT molecular complexity index is 801. The molecule has 2 aromatic carbocycles. The maximum atomic E-state index is 11.9. The number of aryl methyl sites for hydroxylation is 1. The van der Waals surface area contributed by atoms with Gasteiger partial charge in [0.1, 0.15) is 0 Å². The molecular weight excluding hydrogens is 370 g/mol. The van der Waals surface area contributed by atoms with Gasteiger partial charge in [-0.15, -0.1) is 10.2 Å². The van der Waals surface area contributed by atoms with Crippen molar-refractivity contribution in [3.05, 3.63) is 65.0 Å². The number of aromatic nitrogens is 2. The van der Waals surface area contributed by atoms with Gasteiger partial charge < -0.3 is 9.73 Å². The molecule has 0 saturated carbocycles. The zero-order valence-electron chi connectivity index (χ0n) is 12.9. The molecule has 0 atom stereocenters. The van der Waals surface area contributed by atoms with Crippen LogP contribution in [-0.2, 0) is 11.2 Å². The minimum atomic E-state index is -0.0277. The molecule has 6 heteroatoms. The molecule has 5 nitrogen and oxygen atoms in total. The Kier molecular flexibility index (Phi) is 5.38. The Morgan fingerprint density at radius 1 is 1.04 bits per heavy atom. The summed E-state index contributed by atoms with van der Waals surface area (Å²) in [6.07, 6.45) is 1.63. The average molecular weight is 386 g/mol. The van der Waals surface area contributed by atoms with Crippen molar-refractivity contribution in [3.8, 4) is 11.5 Å². The number of benzene rings is 2. The van der Waals surface area contributed by atoms with Gasteiger partial charge in [-0.05, 0) is 42.8 Å². The van der Waals surface area contributed by atoms with Gasteiger partial charge in [0.25, 0.3) is 0 Å². The van der Waals surface area contributed by atoms with E-state index in [1.54, 1.807) is 0 Å². The normalized spacial score (nSPS) is 10.5. The molecule has 24 heavy (non-hydrogen) atoms. The summed E-state index contributed by atoms with van der Waals surface area (Å²) in [5.41, 5.74) is 1.68. The molecule has 0 aliphatic rings. The second-order valence-electron chi connectivity index (χ2n) is 5.28. The van der Waals surface area contributed by atoms with Crippen molar-refractivity contribution < 1.29 is 9.21 Å². The second-order valence-corrected chi connectivity index (χ2v) is 6.19. The third-order valence-corrected chi connectivity index (χ3v) is 3.94. The van der Waals surface area contributed by atoms with E-state index in [1.165, 1.54) is 0 Å². The Morgan fingerprint density at radius 2 is 1.79 bits per heavy atom. The zero-order chi connectivity index (χ0) is 16.8. The number of carbonyl (C=O) groups is 1. The van der Waals surface area contributed by atoms with Crippen molar-refractivity contribution in [2.75, 3.05) is 5.32 Å². The van der Waals surface area contributed by atoms with Crippen molar-refractivity contribution in [3.63, 3.8) is 0 Å². The van der Waals surface area contributed by atoms with Crippen LogP contribution in [0.25, 0.3) is 11.5 Å². The van der Waals surface area contributed by atoms with Crippen LogP contribution in [0.1, 0.15) is 18.7 Å². The summed E-state index contributed by atoms with van der Waals surface area (Å²) >= 11 is 3.36. The van der Waals surface area contributed by atoms with E-state index in [-0.39, 0.29) is 5.91 Å². The van der Waals surface area contributed by atoms with Crippen molar-refractivity contribution >= 4 is 27.5 Å². The van der Waals surface area contributed by atoms with Gasteiger partial charge in [0.2, 0.25) is 17.7 Å². The Morgan fingerprint density at radius 3 is 2.54 bits per heavy atom. The lowest BCUT2D eigenvalue weighted by molar-refractivity contribution is -0.116. The standard InChI is InChI=1S/C18H16BrN3O2/c19-14-9-11-15(12-10-14)20-16(23)7-4-8-17-21-22-18(24-17)13-5-2-1-3-6-13/h1-3,5-6,9-12H,4,7-8H2,(H,20,23). The second kappa shape index (κ2) is 7.88. The number of hydrogen-bond donors (Lipinski definition) is 1. The molecule has 0 unspecified atom stereocenters. The summed E-state index contributed by atoms with van der Waals surface area (Å²) in [4.78, 5) is 11.9. The number of hydrogen-bond acceptors (Lipinski definition) is 4. The highest BCUT2D eigenvalue weighted by atomic mass is 79.9. The molecule has 1 amide bonds. The van der Waals surface area contributed by atoms with Gasteiger partial charge in [-0.2, -0.15) is 0 Å². The van der Waals surface area contributed by atoms with Crippen LogP contribution in [-0.4, -0.2) is 16.1 Å². The van der Waals surface area contributed by atoms with Crippen LogP contribution < -0.4 is 5.32 Å². The van der Waals surface area contributed by atoms with Crippen molar-refractivity contribution in [2.24, 2.45) is 0 Å². The van der Waals surface area contributed by atoms with E-state index in [0.29, 0.717) is 31.0 Å². The Hall–Kier alpha value is -2.47. The third-order valence-electron chi connectivity index (χ3n) is 3.41. The lowest BCUT2D eigenvalue weighted by Gasteiger charge is -2.04. The van der Waals surface area contributed by atoms with E-state index in [4.69, 9.17) is 4.42 Å². The minimum absolute atomic E-state index is 0.0277. The minimum Gasteiger partial charge on any atom is -0.421 e. The summed E-state index contributed by atoms with van der Waals surface area (Å²) in [6, 6.07) is 17.1. The molecule has 1 aromatic heterocycles. The van der Waals surface area contributed by atoms with Crippen LogP contribution in [0.15, 0.2) is 63.5 Å². The highest BCUT2D eigenvalue weighted by molar-refractivity contribution is 9.10. The number of nitrogens with one attached hydrogen (secondary N) is 1. The lowest BCUT2D eigenvalue weighted by atomic mass is 10.2. The average Bonchev–Trinajstić information content (AvgIpc) is 3.07. The van der Waals surface area contributed by atoms with E-state index in [1.807, 2.05) is 54.6 Å². The Labute approximate surface area is 148 Å².